The number of ether oxygens (including phenoxy) is 1. The largest absolute Gasteiger partial charge is 0.492 e. The Morgan fingerprint density at radius 3 is 2.50 bits per heavy atom. The fraction of sp³-hybridized carbons (Fsp3) is 0.600. The molecule has 0 saturated heterocycles. The van der Waals surface area contributed by atoms with Crippen LogP contribution in [0.25, 0.3) is 0 Å². The lowest BCUT2D eigenvalue weighted by Gasteiger charge is -2.18. The summed E-state index contributed by atoms with van der Waals surface area (Å²) in [4.78, 5) is 0. The molecule has 3 heteroatoms. The van der Waals surface area contributed by atoms with Crippen LogP contribution in [-0.4, -0.2) is 12.6 Å². The Kier molecular flexibility index (Phi) is 5.67. The second kappa shape index (κ2) is 6.58. The van der Waals surface area contributed by atoms with Crippen LogP contribution in [0, 0.1) is 5.41 Å². The molecule has 0 spiro atoms. The minimum absolute atomic E-state index is 0.185. The second-order valence-electron chi connectivity index (χ2n) is 6.11. The van der Waals surface area contributed by atoms with E-state index in [1.165, 1.54) is 5.56 Å². The van der Waals surface area contributed by atoms with Gasteiger partial charge in [-0.3, -0.25) is 0 Å². The van der Waals surface area contributed by atoms with Gasteiger partial charge in [0.25, 0.3) is 0 Å². The van der Waals surface area contributed by atoms with Crippen molar-refractivity contribution in [3.63, 3.8) is 0 Å². The molecule has 0 aliphatic heterocycles. The summed E-state index contributed by atoms with van der Waals surface area (Å²) in [5.41, 5.74) is 7.34. The zero-order valence-electron chi connectivity index (χ0n) is 11.8. The van der Waals surface area contributed by atoms with E-state index in [1.54, 1.807) is 0 Å². The van der Waals surface area contributed by atoms with Crippen LogP contribution >= 0.6 is 15.9 Å². The molecule has 0 amide bonds. The summed E-state index contributed by atoms with van der Waals surface area (Å²) >= 11 is 3.55. The van der Waals surface area contributed by atoms with E-state index in [0.717, 1.165) is 29.7 Å². The van der Waals surface area contributed by atoms with Crippen molar-refractivity contribution >= 4 is 15.9 Å². The van der Waals surface area contributed by atoms with Gasteiger partial charge in [-0.2, -0.15) is 0 Å². The maximum atomic E-state index is 5.79. The van der Waals surface area contributed by atoms with Crippen molar-refractivity contribution in [1.82, 2.24) is 0 Å². The molecule has 1 aromatic rings. The molecular formula is C15H24BrNO. The van der Waals surface area contributed by atoms with E-state index in [-0.39, 0.29) is 6.04 Å². The van der Waals surface area contributed by atoms with Gasteiger partial charge in [0.15, 0.2) is 0 Å². The lowest BCUT2D eigenvalue weighted by molar-refractivity contribution is 0.242. The van der Waals surface area contributed by atoms with Crippen LogP contribution in [0.1, 0.15) is 39.7 Å². The number of benzene rings is 1. The Morgan fingerprint density at radius 2 is 2.00 bits per heavy atom. The fourth-order valence-corrected chi connectivity index (χ4v) is 2.17. The molecule has 0 aliphatic carbocycles. The predicted molar refractivity (Wildman–Crippen MR) is 81.1 cm³/mol. The maximum Gasteiger partial charge on any atom is 0.133 e. The average Bonchev–Trinajstić information content (AvgIpc) is 2.18. The van der Waals surface area contributed by atoms with Gasteiger partial charge in [-0.15, -0.1) is 0 Å². The van der Waals surface area contributed by atoms with Gasteiger partial charge >= 0.3 is 0 Å². The molecule has 1 rings (SSSR count). The Hall–Kier alpha value is -0.540. The SMILES string of the molecule is CC(N)Cc1ccc(OCCC(C)(C)C)c(Br)c1. The summed E-state index contributed by atoms with van der Waals surface area (Å²) in [5.74, 6) is 0.910. The molecular weight excluding hydrogens is 290 g/mol. The highest BCUT2D eigenvalue weighted by Crippen LogP contribution is 2.27. The van der Waals surface area contributed by atoms with Gasteiger partial charge < -0.3 is 10.5 Å². The van der Waals surface area contributed by atoms with Crippen molar-refractivity contribution in [2.75, 3.05) is 6.61 Å². The van der Waals surface area contributed by atoms with Crippen molar-refractivity contribution in [3.8, 4) is 5.75 Å². The summed E-state index contributed by atoms with van der Waals surface area (Å²) < 4.78 is 6.80. The second-order valence-corrected chi connectivity index (χ2v) is 6.96. The van der Waals surface area contributed by atoms with Crippen LogP contribution in [0.2, 0.25) is 0 Å². The molecule has 0 aromatic heterocycles. The minimum atomic E-state index is 0.185. The third kappa shape index (κ3) is 5.87. The van der Waals surface area contributed by atoms with Gasteiger partial charge in [-0.1, -0.05) is 26.8 Å². The first-order valence-corrected chi connectivity index (χ1v) is 7.24. The normalized spacial score (nSPS) is 13.4. The number of hydrogen-bond acceptors (Lipinski definition) is 2. The molecule has 0 saturated carbocycles. The fourth-order valence-electron chi connectivity index (χ4n) is 1.63. The number of halogens is 1. The first-order chi connectivity index (χ1) is 8.28. The smallest absolute Gasteiger partial charge is 0.133 e. The number of rotatable bonds is 5. The molecule has 0 fully saturated rings. The van der Waals surface area contributed by atoms with E-state index in [4.69, 9.17) is 10.5 Å². The number of hydrogen-bond donors (Lipinski definition) is 1. The quantitative estimate of drug-likeness (QED) is 0.886. The molecule has 0 radical (unpaired) electrons. The van der Waals surface area contributed by atoms with Gasteiger partial charge in [0, 0.05) is 6.04 Å². The summed E-state index contributed by atoms with van der Waals surface area (Å²) in [6, 6.07) is 6.38. The maximum absolute atomic E-state index is 5.79. The van der Waals surface area contributed by atoms with Gasteiger partial charge in [-0.05, 0) is 58.8 Å². The highest BCUT2D eigenvalue weighted by molar-refractivity contribution is 9.10. The summed E-state index contributed by atoms with van der Waals surface area (Å²) in [7, 11) is 0. The van der Waals surface area contributed by atoms with Gasteiger partial charge in [0.05, 0.1) is 11.1 Å². The standard InChI is InChI=1S/C15H24BrNO/c1-11(17)9-12-5-6-14(13(16)10-12)18-8-7-15(2,3)4/h5-6,10-11H,7-9,17H2,1-4H3. The van der Waals surface area contributed by atoms with Crippen LogP contribution in [0.15, 0.2) is 22.7 Å². The first kappa shape index (κ1) is 15.5. The van der Waals surface area contributed by atoms with E-state index in [2.05, 4.69) is 48.8 Å². The van der Waals surface area contributed by atoms with Gasteiger partial charge in [-0.25, -0.2) is 0 Å². The Balaban J connectivity index is 2.57. The molecule has 1 aromatic carbocycles. The molecule has 0 bridgehead atoms. The molecule has 1 atom stereocenters. The molecule has 2 N–H and O–H groups in total. The first-order valence-electron chi connectivity index (χ1n) is 6.45. The zero-order valence-corrected chi connectivity index (χ0v) is 13.4. The summed E-state index contributed by atoms with van der Waals surface area (Å²) in [5, 5.41) is 0. The van der Waals surface area contributed by atoms with Crippen LogP contribution in [0.5, 0.6) is 5.75 Å². The Morgan fingerprint density at radius 1 is 1.33 bits per heavy atom. The zero-order chi connectivity index (χ0) is 13.8. The van der Waals surface area contributed by atoms with Crippen LogP contribution < -0.4 is 10.5 Å². The van der Waals surface area contributed by atoms with Crippen molar-refractivity contribution in [3.05, 3.63) is 28.2 Å². The number of nitrogens with two attached hydrogens (primary N) is 1. The molecule has 102 valence electrons. The van der Waals surface area contributed by atoms with Crippen molar-refractivity contribution in [2.45, 2.75) is 46.6 Å². The van der Waals surface area contributed by atoms with E-state index in [1.807, 2.05) is 13.0 Å². The molecule has 1 unspecified atom stereocenters. The van der Waals surface area contributed by atoms with E-state index in [9.17, 15) is 0 Å². The third-order valence-corrected chi connectivity index (χ3v) is 3.28. The average molecular weight is 314 g/mol. The molecule has 18 heavy (non-hydrogen) atoms. The summed E-state index contributed by atoms with van der Waals surface area (Å²) in [6.45, 7) is 9.42. The Bertz CT molecular complexity index is 383. The van der Waals surface area contributed by atoms with Crippen LogP contribution in [0.3, 0.4) is 0 Å². The molecule has 0 aliphatic rings. The molecule has 0 heterocycles. The Labute approximate surface area is 119 Å². The van der Waals surface area contributed by atoms with Gasteiger partial charge in [0.2, 0.25) is 0 Å². The van der Waals surface area contributed by atoms with Crippen molar-refractivity contribution < 1.29 is 4.74 Å². The van der Waals surface area contributed by atoms with Gasteiger partial charge in [0.1, 0.15) is 5.75 Å². The highest BCUT2D eigenvalue weighted by atomic mass is 79.9. The molecule has 2 nitrogen and oxygen atoms in total. The predicted octanol–water partition coefficient (Wildman–Crippen LogP) is 4.15. The third-order valence-electron chi connectivity index (χ3n) is 2.66. The lowest BCUT2D eigenvalue weighted by Crippen LogP contribution is -2.17. The van der Waals surface area contributed by atoms with E-state index < -0.39 is 0 Å². The monoisotopic (exact) mass is 313 g/mol. The summed E-state index contributed by atoms with van der Waals surface area (Å²) in [6.07, 6.45) is 1.93. The van der Waals surface area contributed by atoms with Crippen LogP contribution in [-0.2, 0) is 6.42 Å². The topological polar surface area (TPSA) is 35.2 Å². The van der Waals surface area contributed by atoms with Crippen LogP contribution in [0.4, 0.5) is 0 Å². The van der Waals surface area contributed by atoms with Crippen molar-refractivity contribution in [2.24, 2.45) is 11.1 Å². The lowest BCUT2D eigenvalue weighted by atomic mass is 9.93. The van der Waals surface area contributed by atoms with E-state index >= 15 is 0 Å². The highest BCUT2D eigenvalue weighted by Gasteiger charge is 2.11. The van der Waals surface area contributed by atoms with Crippen molar-refractivity contribution in [1.29, 1.82) is 0 Å². The van der Waals surface area contributed by atoms with E-state index in [0.29, 0.717) is 5.41 Å². The minimum Gasteiger partial charge on any atom is -0.492 e.